The average molecular weight is 579 g/mol. The lowest BCUT2D eigenvalue weighted by Gasteiger charge is -2.23. The molecular formula is C33H54N8O. The normalized spacial score (nSPS) is 15.6. The molecule has 0 bridgehead atoms. The third-order valence-electron chi connectivity index (χ3n) is 7.89. The van der Waals surface area contributed by atoms with Gasteiger partial charge in [0.25, 0.3) is 0 Å². The molecule has 0 saturated heterocycles. The van der Waals surface area contributed by atoms with Gasteiger partial charge in [-0.1, -0.05) is 32.9 Å². The van der Waals surface area contributed by atoms with Gasteiger partial charge in [0.2, 0.25) is 5.95 Å². The Morgan fingerprint density at radius 2 is 1.81 bits per heavy atom. The second-order valence-electron chi connectivity index (χ2n) is 12.0. The standard InChI is InChI=1S/C21H34N4.C12H20N4O/c1-3-16(2)19-5-4-6-21(11-19)25(23)15-20(22)14-24(12-17-7-8-17)13-18-9-10-18;1-5-7-16(4)11-10(9(3)17)8-14-12(15-11)13-6-2/h4-6,11,15-18H,3,7-10,12-14,22-23H2,1-2H3;8H,5-7H2,1-4H3,(H,13,14,15)/b20-15-;. The third kappa shape index (κ3) is 10.9. The molecule has 1 unspecified atom stereocenters. The molecule has 0 amide bonds. The Labute approximate surface area is 253 Å². The van der Waals surface area contributed by atoms with Crippen LogP contribution in [-0.2, 0) is 0 Å². The number of rotatable bonds is 16. The van der Waals surface area contributed by atoms with Gasteiger partial charge in [0.1, 0.15) is 5.82 Å². The Balaban J connectivity index is 0.000000250. The van der Waals surface area contributed by atoms with Crippen LogP contribution in [0.2, 0.25) is 0 Å². The van der Waals surface area contributed by atoms with Gasteiger partial charge in [-0.2, -0.15) is 4.98 Å². The summed E-state index contributed by atoms with van der Waals surface area (Å²) < 4.78 is 0. The van der Waals surface area contributed by atoms with Crippen LogP contribution < -0.4 is 26.8 Å². The van der Waals surface area contributed by atoms with Crippen molar-refractivity contribution in [1.82, 2.24) is 14.9 Å². The van der Waals surface area contributed by atoms with Crippen LogP contribution in [0.5, 0.6) is 0 Å². The molecule has 1 atom stereocenters. The van der Waals surface area contributed by atoms with E-state index in [4.69, 9.17) is 11.6 Å². The van der Waals surface area contributed by atoms with Gasteiger partial charge in [-0.3, -0.25) is 14.7 Å². The number of aromatic nitrogens is 2. The minimum absolute atomic E-state index is 0.00833. The molecule has 1 aromatic carbocycles. The Morgan fingerprint density at radius 3 is 2.36 bits per heavy atom. The number of benzene rings is 1. The van der Waals surface area contributed by atoms with Gasteiger partial charge in [0.05, 0.1) is 11.3 Å². The van der Waals surface area contributed by atoms with Gasteiger partial charge < -0.3 is 16.0 Å². The first-order valence-electron chi connectivity index (χ1n) is 15.8. The van der Waals surface area contributed by atoms with Crippen molar-refractivity contribution in [3.05, 3.63) is 53.5 Å². The van der Waals surface area contributed by atoms with E-state index in [1.54, 1.807) is 11.2 Å². The number of hydrogen-bond acceptors (Lipinski definition) is 9. The second-order valence-corrected chi connectivity index (χ2v) is 12.0. The zero-order valence-corrected chi connectivity index (χ0v) is 26.8. The van der Waals surface area contributed by atoms with Gasteiger partial charge in [0.15, 0.2) is 5.78 Å². The fourth-order valence-electron chi connectivity index (χ4n) is 4.91. The van der Waals surface area contributed by atoms with Crippen LogP contribution in [-0.4, -0.2) is 60.4 Å². The lowest BCUT2D eigenvalue weighted by molar-refractivity contribution is 0.101. The number of carbonyl (C=O) groups excluding carboxylic acids is 1. The highest BCUT2D eigenvalue weighted by Crippen LogP contribution is 2.34. The minimum Gasteiger partial charge on any atom is -0.400 e. The zero-order valence-electron chi connectivity index (χ0n) is 26.8. The molecule has 1 aromatic heterocycles. The molecule has 0 radical (unpaired) electrons. The van der Waals surface area contributed by atoms with Crippen molar-refractivity contribution < 1.29 is 4.79 Å². The highest BCUT2D eigenvalue weighted by molar-refractivity contribution is 5.98. The maximum absolute atomic E-state index is 11.5. The van der Waals surface area contributed by atoms with E-state index in [0.29, 0.717) is 23.2 Å². The molecule has 9 nitrogen and oxygen atoms in total. The van der Waals surface area contributed by atoms with E-state index in [1.165, 1.54) is 51.3 Å². The SMILES string of the molecule is CCC(C)c1cccc(N(N)/C=C(\N)CN(CC2CC2)CC2CC2)c1.CCCN(C)c1nc(NCC)ncc1C(C)=O. The first-order valence-corrected chi connectivity index (χ1v) is 15.8. The van der Waals surface area contributed by atoms with E-state index in [0.717, 1.165) is 55.7 Å². The molecule has 9 heteroatoms. The van der Waals surface area contributed by atoms with E-state index in [1.807, 2.05) is 31.1 Å². The van der Waals surface area contributed by atoms with E-state index in [-0.39, 0.29) is 5.78 Å². The van der Waals surface area contributed by atoms with Crippen LogP contribution >= 0.6 is 0 Å². The maximum atomic E-state index is 11.5. The zero-order chi connectivity index (χ0) is 30.6. The fraction of sp³-hybridized carbons (Fsp3) is 0.606. The fourth-order valence-corrected chi connectivity index (χ4v) is 4.91. The molecule has 0 aliphatic heterocycles. The van der Waals surface area contributed by atoms with Gasteiger partial charge in [0, 0.05) is 57.9 Å². The topological polar surface area (TPSA) is 117 Å². The summed E-state index contributed by atoms with van der Waals surface area (Å²) in [5, 5.41) is 4.73. The van der Waals surface area contributed by atoms with Gasteiger partial charge in [-0.25, -0.2) is 10.8 Å². The monoisotopic (exact) mass is 578 g/mol. The Morgan fingerprint density at radius 1 is 1.14 bits per heavy atom. The van der Waals surface area contributed by atoms with Crippen molar-refractivity contribution in [2.24, 2.45) is 23.4 Å². The first-order chi connectivity index (χ1) is 20.1. The van der Waals surface area contributed by atoms with Crippen molar-refractivity contribution in [2.45, 2.75) is 79.1 Å². The molecular weight excluding hydrogens is 524 g/mol. The number of hydrazine groups is 1. The van der Waals surface area contributed by atoms with Gasteiger partial charge in [-0.15, -0.1) is 0 Å². The van der Waals surface area contributed by atoms with Gasteiger partial charge in [-0.05, 0) is 87.8 Å². The number of ketones is 1. The molecule has 0 spiro atoms. The van der Waals surface area contributed by atoms with Crippen LogP contribution in [0.4, 0.5) is 17.5 Å². The highest BCUT2D eigenvalue weighted by Gasteiger charge is 2.29. The quantitative estimate of drug-likeness (QED) is 0.130. The van der Waals surface area contributed by atoms with Crippen molar-refractivity contribution >= 4 is 23.2 Å². The number of nitrogens with one attached hydrogen (secondary N) is 1. The summed E-state index contributed by atoms with van der Waals surface area (Å²) in [6, 6.07) is 8.46. The molecule has 1 heterocycles. The van der Waals surface area contributed by atoms with Crippen molar-refractivity contribution in [3.63, 3.8) is 0 Å². The van der Waals surface area contributed by atoms with Crippen LogP contribution in [0.15, 0.2) is 42.4 Å². The summed E-state index contributed by atoms with van der Waals surface area (Å²) in [6.07, 6.45) is 11.2. The Bertz CT molecular complexity index is 1150. The minimum atomic E-state index is -0.00833. The molecule has 2 fully saturated rings. The van der Waals surface area contributed by atoms with Crippen LogP contribution in [0.25, 0.3) is 0 Å². The number of hydrogen-bond donors (Lipinski definition) is 3. The summed E-state index contributed by atoms with van der Waals surface area (Å²) in [6.45, 7) is 14.9. The van der Waals surface area contributed by atoms with Crippen molar-refractivity contribution in [2.75, 3.05) is 55.0 Å². The average Bonchev–Trinajstić information content (AvgIpc) is 3.91. The summed E-state index contributed by atoms with van der Waals surface area (Å²) in [5.41, 5.74) is 10.1. The van der Waals surface area contributed by atoms with Crippen LogP contribution in [0.3, 0.4) is 0 Å². The lowest BCUT2D eigenvalue weighted by atomic mass is 9.98. The molecule has 42 heavy (non-hydrogen) atoms. The smallest absolute Gasteiger partial charge is 0.224 e. The first kappa shape index (κ1) is 33.3. The van der Waals surface area contributed by atoms with Crippen molar-refractivity contribution in [3.8, 4) is 0 Å². The summed E-state index contributed by atoms with van der Waals surface area (Å²) >= 11 is 0. The largest absolute Gasteiger partial charge is 0.400 e. The number of anilines is 3. The molecule has 2 aliphatic rings. The number of nitrogens with two attached hydrogens (primary N) is 2. The summed E-state index contributed by atoms with van der Waals surface area (Å²) in [5.74, 6) is 9.86. The lowest BCUT2D eigenvalue weighted by Crippen LogP contribution is -2.34. The number of carbonyl (C=O) groups is 1. The molecule has 232 valence electrons. The van der Waals surface area contributed by atoms with Crippen LogP contribution in [0, 0.1) is 11.8 Å². The summed E-state index contributed by atoms with van der Waals surface area (Å²) in [4.78, 5) is 24.5. The molecule has 4 rings (SSSR count). The molecule has 2 aliphatic carbocycles. The molecule has 2 saturated carbocycles. The van der Waals surface area contributed by atoms with Crippen LogP contribution in [0.1, 0.15) is 95.0 Å². The predicted molar refractivity (Wildman–Crippen MR) is 176 cm³/mol. The molecule has 5 N–H and O–H groups in total. The van der Waals surface area contributed by atoms with E-state index in [9.17, 15) is 4.79 Å². The maximum Gasteiger partial charge on any atom is 0.224 e. The number of nitrogens with zero attached hydrogens (tertiary/aromatic N) is 5. The Hall–Kier alpha value is -3.17. The van der Waals surface area contributed by atoms with E-state index in [2.05, 4.69) is 59.2 Å². The van der Waals surface area contributed by atoms with E-state index < -0.39 is 0 Å². The van der Waals surface area contributed by atoms with Crippen molar-refractivity contribution in [1.29, 1.82) is 0 Å². The third-order valence-corrected chi connectivity index (χ3v) is 7.89. The molecule has 2 aromatic rings. The summed E-state index contributed by atoms with van der Waals surface area (Å²) in [7, 11) is 1.94. The Kier molecular flexibility index (Phi) is 13.1. The second kappa shape index (κ2) is 16.5. The van der Waals surface area contributed by atoms with E-state index >= 15 is 0 Å². The number of Topliss-reactive ketones (excluding diaryl/α,β-unsaturated/α-hetero) is 1. The highest BCUT2D eigenvalue weighted by atomic mass is 16.1. The predicted octanol–water partition coefficient (Wildman–Crippen LogP) is 5.76. The van der Waals surface area contributed by atoms with Gasteiger partial charge >= 0.3 is 0 Å².